The number of fused-ring (bicyclic) bond motifs is 1. The first-order valence-electron chi connectivity index (χ1n) is 9.98. The van der Waals surface area contributed by atoms with E-state index in [1.54, 1.807) is 42.5 Å². The summed E-state index contributed by atoms with van der Waals surface area (Å²) in [6.45, 7) is 1.90. The molecule has 0 spiro atoms. The van der Waals surface area contributed by atoms with E-state index in [2.05, 4.69) is 16.1 Å². The van der Waals surface area contributed by atoms with Gasteiger partial charge in [-0.25, -0.2) is 4.68 Å². The van der Waals surface area contributed by atoms with Crippen LogP contribution >= 0.6 is 34.8 Å². The lowest BCUT2D eigenvalue weighted by molar-refractivity contribution is -0.133. The largest absolute Gasteiger partial charge is 0.328 e. The smallest absolute Gasteiger partial charge is 0.321 e. The Labute approximate surface area is 209 Å². The van der Waals surface area contributed by atoms with E-state index in [4.69, 9.17) is 34.8 Å². The SMILES string of the molecule is Cc1cccc(NC(=O)c2cc3cc(Cl)ccc3n2NC(=O)C(=O)Nc2cccc(Cl)c2Cl)c1. The molecule has 4 rings (SSSR count). The molecule has 0 saturated heterocycles. The van der Waals surface area contributed by atoms with Crippen molar-refractivity contribution in [2.75, 3.05) is 16.1 Å². The van der Waals surface area contributed by atoms with E-state index in [0.717, 1.165) is 5.56 Å². The Balaban J connectivity index is 1.64. The molecule has 1 aromatic heterocycles. The number of anilines is 2. The minimum absolute atomic E-state index is 0.0979. The fraction of sp³-hybridized carbons (Fsp3) is 0.0417. The molecule has 3 amide bonds. The first-order chi connectivity index (χ1) is 16.2. The summed E-state index contributed by atoms with van der Waals surface area (Å²) in [5.74, 6) is -2.50. The summed E-state index contributed by atoms with van der Waals surface area (Å²) in [5.41, 5.74) is 4.77. The van der Waals surface area contributed by atoms with Crippen molar-refractivity contribution in [1.29, 1.82) is 0 Å². The van der Waals surface area contributed by atoms with Crippen LogP contribution in [0, 0.1) is 6.92 Å². The summed E-state index contributed by atoms with van der Waals surface area (Å²) in [5, 5.41) is 6.59. The first kappa shape index (κ1) is 23.6. The molecule has 0 unspecified atom stereocenters. The number of benzene rings is 3. The predicted octanol–water partition coefficient (Wildman–Crippen LogP) is 5.87. The average molecular weight is 516 g/mol. The Morgan fingerprint density at radius 2 is 1.59 bits per heavy atom. The second kappa shape index (κ2) is 9.77. The van der Waals surface area contributed by atoms with Gasteiger partial charge in [0.1, 0.15) is 5.69 Å². The summed E-state index contributed by atoms with van der Waals surface area (Å²) in [7, 11) is 0. The third kappa shape index (κ3) is 5.02. The highest BCUT2D eigenvalue weighted by Crippen LogP contribution is 2.29. The van der Waals surface area contributed by atoms with Gasteiger partial charge in [0.2, 0.25) is 0 Å². The lowest BCUT2D eigenvalue weighted by Crippen LogP contribution is -2.36. The zero-order valence-electron chi connectivity index (χ0n) is 17.7. The predicted molar refractivity (Wildman–Crippen MR) is 136 cm³/mol. The van der Waals surface area contributed by atoms with Crippen LogP contribution in [0.4, 0.5) is 11.4 Å². The third-order valence-electron chi connectivity index (χ3n) is 4.89. The number of rotatable bonds is 4. The van der Waals surface area contributed by atoms with E-state index in [0.29, 0.717) is 21.6 Å². The molecule has 10 heteroatoms. The molecular formula is C24H17Cl3N4O3. The molecule has 4 aromatic rings. The number of hydrogen-bond donors (Lipinski definition) is 3. The van der Waals surface area contributed by atoms with Crippen molar-refractivity contribution >= 4 is 74.8 Å². The molecule has 0 aliphatic carbocycles. The Morgan fingerprint density at radius 1 is 0.824 bits per heavy atom. The van der Waals surface area contributed by atoms with Gasteiger partial charge in [0.25, 0.3) is 5.91 Å². The molecular weight excluding hydrogens is 499 g/mol. The summed E-state index contributed by atoms with van der Waals surface area (Å²) in [4.78, 5) is 38.3. The third-order valence-corrected chi connectivity index (χ3v) is 5.95. The number of nitrogens with zero attached hydrogens (tertiary/aromatic N) is 1. The number of halogens is 3. The summed E-state index contributed by atoms with van der Waals surface area (Å²) < 4.78 is 1.23. The lowest BCUT2D eigenvalue weighted by atomic mass is 10.2. The number of nitrogens with one attached hydrogen (secondary N) is 3. The molecule has 34 heavy (non-hydrogen) atoms. The van der Waals surface area contributed by atoms with Crippen LogP contribution in [0.3, 0.4) is 0 Å². The van der Waals surface area contributed by atoms with Crippen LogP contribution < -0.4 is 16.1 Å². The van der Waals surface area contributed by atoms with Crippen molar-refractivity contribution in [2.24, 2.45) is 0 Å². The molecule has 172 valence electrons. The van der Waals surface area contributed by atoms with Gasteiger partial charge in [-0.2, -0.15) is 0 Å². The van der Waals surface area contributed by atoms with Crippen molar-refractivity contribution in [2.45, 2.75) is 6.92 Å². The molecule has 0 aliphatic rings. The highest BCUT2D eigenvalue weighted by molar-refractivity contribution is 6.46. The van der Waals surface area contributed by atoms with Crippen LogP contribution in [-0.4, -0.2) is 22.4 Å². The van der Waals surface area contributed by atoms with Crippen LogP contribution in [0.5, 0.6) is 0 Å². The Morgan fingerprint density at radius 3 is 2.35 bits per heavy atom. The second-order valence-corrected chi connectivity index (χ2v) is 8.61. The molecule has 7 nitrogen and oxygen atoms in total. The van der Waals surface area contributed by atoms with Crippen molar-refractivity contribution in [3.05, 3.63) is 93.1 Å². The Hall–Kier alpha value is -3.52. The topological polar surface area (TPSA) is 92.2 Å². The van der Waals surface area contributed by atoms with Crippen molar-refractivity contribution in [3.8, 4) is 0 Å². The van der Waals surface area contributed by atoms with E-state index in [-0.39, 0.29) is 21.4 Å². The summed E-state index contributed by atoms with van der Waals surface area (Å²) in [6, 6.07) is 18.4. The minimum atomic E-state index is -1.02. The van der Waals surface area contributed by atoms with Gasteiger partial charge in [-0.15, -0.1) is 0 Å². The Bertz CT molecular complexity index is 1450. The monoisotopic (exact) mass is 514 g/mol. The second-order valence-electron chi connectivity index (χ2n) is 7.39. The average Bonchev–Trinajstić information content (AvgIpc) is 3.14. The molecule has 3 aromatic carbocycles. The van der Waals surface area contributed by atoms with Crippen molar-refractivity contribution in [3.63, 3.8) is 0 Å². The van der Waals surface area contributed by atoms with Crippen LogP contribution in [0.15, 0.2) is 66.7 Å². The van der Waals surface area contributed by atoms with Gasteiger partial charge in [-0.05, 0) is 61.0 Å². The number of aromatic nitrogens is 1. The quantitative estimate of drug-likeness (QED) is 0.297. The zero-order chi connectivity index (χ0) is 24.4. The number of carbonyl (C=O) groups is 3. The highest BCUT2D eigenvalue weighted by atomic mass is 35.5. The molecule has 0 atom stereocenters. The maximum Gasteiger partial charge on any atom is 0.328 e. The highest BCUT2D eigenvalue weighted by Gasteiger charge is 2.22. The number of hydrogen-bond acceptors (Lipinski definition) is 3. The number of amides is 3. The van der Waals surface area contributed by atoms with Gasteiger partial charge < -0.3 is 10.6 Å². The van der Waals surface area contributed by atoms with Crippen LogP contribution in [0.1, 0.15) is 16.1 Å². The van der Waals surface area contributed by atoms with Crippen molar-refractivity contribution < 1.29 is 14.4 Å². The van der Waals surface area contributed by atoms with Gasteiger partial charge in [0.15, 0.2) is 0 Å². The van der Waals surface area contributed by atoms with Crippen LogP contribution in [0.25, 0.3) is 10.9 Å². The van der Waals surface area contributed by atoms with Gasteiger partial charge in [0, 0.05) is 16.1 Å². The van der Waals surface area contributed by atoms with E-state index in [1.807, 2.05) is 25.1 Å². The summed E-state index contributed by atoms with van der Waals surface area (Å²) in [6.07, 6.45) is 0. The van der Waals surface area contributed by atoms with E-state index >= 15 is 0 Å². The van der Waals surface area contributed by atoms with Gasteiger partial charge >= 0.3 is 11.8 Å². The van der Waals surface area contributed by atoms with Crippen molar-refractivity contribution in [1.82, 2.24) is 4.68 Å². The number of carbonyl (C=O) groups excluding carboxylic acids is 3. The van der Waals surface area contributed by atoms with Gasteiger partial charge in [-0.1, -0.05) is 53.0 Å². The Kier molecular flexibility index (Phi) is 6.79. The molecule has 0 fully saturated rings. The fourth-order valence-electron chi connectivity index (χ4n) is 3.32. The standard InChI is InChI=1S/C24H17Cl3N4O3/c1-13-4-2-5-16(10-13)28-22(32)20-12-14-11-15(25)8-9-19(14)31(20)30-24(34)23(33)29-18-7-3-6-17(26)21(18)27/h2-12H,1H3,(H,28,32)(H,29,33)(H,30,34). The normalized spacial score (nSPS) is 10.7. The van der Waals surface area contributed by atoms with E-state index in [9.17, 15) is 14.4 Å². The zero-order valence-corrected chi connectivity index (χ0v) is 19.9. The fourth-order valence-corrected chi connectivity index (χ4v) is 3.85. The van der Waals surface area contributed by atoms with Crippen LogP contribution in [-0.2, 0) is 9.59 Å². The molecule has 1 heterocycles. The minimum Gasteiger partial charge on any atom is -0.321 e. The van der Waals surface area contributed by atoms with E-state index in [1.165, 1.54) is 10.7 Å². The van der Waals surface area contributed by atoms with Crippen LogP contribution in [0.2, 0.25) is 15.1 Å². The molecule has 0 saturated carbocycles. The first-order valence-corrected chi connectivity index (χ1v) is 11.1. The molecule has 3 N–H and O–H groups in total. The molecule has 0 aliphatic heterocycles. The lowest BCUT2D eigenvalue weighted by Gasteiger charge is -2.13. The van der Waals surface area contributed by atoms with Gasteiger partial charge in [-0.3, -0.25) is 19.8 Å². The molecule has 0 bridgehead atoms. The maximum atomic E-state index is 13.1. The van der Waals surface area contributed by atoms with E-state index < -0.39 is 17.7 Å². The van der Waals surface area contributed by atoms with Gasteiger partial charge in [0.05, 0.1) is 21.2 Å². The number of aryl methyl sites for hydroxylation is 1. The maximum absolute atomic E-state index is 13.1. The summed E-state index contributed by atoms with van der Waals surface area (Å²) >= 11 is 18.1. The molecule has 0 radical (unpaired) electrons.